The Morgan fingerprint density at radius 2 is 1.86 bits per heavy atom. The van der Waals surface area contributed by atoms with Crippen LogP contribution in [0, 0.1) is 17.2 Å². The molecular weight excluding hydrogens is 258 g/mol. The van der Waals surface area contributed by atoms with E-state index in [0.717, 1.165) is 32.6 Å². The van der Waals surface area contributed by atoms with Crippen LogP contribution in [-0.2, 0) is 6.54 Å². The lowest BCUT2D eigenvalue weighted by Crippen LogP contribution is -2.40. The van der Waals surface area contributed by atoms with Gasteiger partial charge in [-0.3, -0.25) is 9.80 Å². The predicted octanol–water partition coefficient (Wildman–Crippen LogP) is 2.89. The maximum Gasteiger partial charge on any atom is 0.0672 e. The highest BCUT2D eigenvalue weighted by atomic mass is 15.2. The minimum absolute atomic E-state index is 0.269. The van der Waals surface area contributed by atoms with Crippen LogP contribution in [0.3, 0.4) is 0 Å². The van der Waals surface area contributed by atoms with Crippen LogP contribution < -0.4 is 0 Å². The van der Waals surface area contributed by atoms with Gasteiger partial charge in [0, 0.05) is 25.7 Å². The summed E-state index contributed by atoms with van der Waals surface area (Å²) in [6, 6.07) is 13.8. The van der Waals surface area contributed by atoms with Gasteiger partial charge in [0.25, 0.3) is 0 Å². The van der Waals surface area contributed by atoms with E-state index in [9.17, 15) is 5.26 Å². The van der Waals surface area contributed by atoms with Crippen molar-refractivity contribution in [2.45, 2.75) is 38.3 Å². The third kappa shape index (κ3) is 3.64. The van der Waals surface area contributed by atoms with E-state index in [0.29, 0.717) is 6.04 Å². The molecule has 2 unspecified atom stereocenters. The van der Waals surface area contributed by atoms with Gasteiger partial charge in [-0.1, -0.05) is 36.8 Å². The molecular formula is C18H25N3. The Morgan fingerprint density at radius 3 is 2.67 bits per heavy atom. The first-order chi connectivity index (χ1) is 10.4. The van der Waals surface area contributed by atoms with Gasteiger partial charge in [-0.15, -0.1) is 0 Å². The topological polar surface area (TPSA) is 30.3 Å². The van der Waals surface area contributed by atoms with Crippen molar-refractivity contribution < 1.29 is 0 Å². The highest BCUT2D eigenvalue weighted by molar-refractivity contribution is 5.14. The first kappa shape index (κ1) is 14.6. The highest BCUT2D eigenvalue weighted by Crippen LogP contribution is 2.30. The molecule has 0 N–H and O–H groups in total. The molecule has 21 heavy (non-hydrogen) atoms. The zero-order valence-electron chi connectivity index (χ0n) is 12.7. The molecule has 0 spiro atoms. The lowest BCUT2D eigenvalue weighted by Gasteiger charge is -2.29. The predicted molar refractivity (Wildman–Crippen MR) is 84.7 cm³/mol. The third-order valence-corrected chi connectivity index (χ3v) is 4.99. The molecule has 1 aromatic rings. The molecule has 1 saturated heterocycles. The molecule has 3 heteroatoms. The molecule has 1 saturated carbocycles. The average Bonchev–Trinajstić information content (AvgIpc) is 2.88. The molecule has 1 aliphatic carbocycles. The summed E-state index contributed by atoms with van der Waals surface area (Å²) < 4.78 is 0. The third-order valence-electron chi connectivity index (χ3n) is 4.99. The van der Waals surface area contributed by atoms with E-state index in [4.69, 9.17) is 0 Å². The Morgan fingerprint density at radius 1 is 1.00 bits per heavy atom. The fraction of sp³-hybridized carbons (Fsp3) is 0.611. The van der Waals surface area contributed by atoms with Crippen LogP contribution in [0.4, 0.5) is 0 Å². The number of nitriles is 1. The van der Waals surface area contributed by atoms with Crippen molar-refractivity contribution in [3.05, 3.63) is 35.9 Å². The van der Waals surface area contributed by atoms with Crippen LogP contribution in [-0.4, -0.2) is 42.0 Å². The fourth-order valence-corrected chi connectivity index (χ4v) is 3.85. The highest BCUT2D eigenvalue weighted by Gasteiger charge is 2.32. The molecule has 2 atom stereocenters. The summed E-state index contributed by atoms with van der Waals surface area (Å²) in [7, 11) is 0. The second-order valence-electron chi connectivity index (χ2n) is 6.39. The zero-order valence-corrected chi connectivity index (χ0v) is 12.7. The van der Waals surface area contributed by atoms with Crippen molar-refractivity contribution in [1.82, 2.24) is 9.80 Å². The fourth-order valence-electron chi connectivity index (χ4n) is 3.85. The van der Waals surface area contributed by atoms with Gasteiger partial charge < -0.3 is 0 Å². The normalized spacial score (nSPS) is 28.1. The van der Waals surface area contributed by atoms with Crippen LogP contribution in [0.5, 0.6) is 0 Å². The number of hydrogen-bond donors (Lipinski definition) is 0. The molecule has 2 aliphatic rings. The van der Waals surface area contributed by atoms with Crippen LogP contribution >= 0.6 is 0 Å². The van der Waals surface area contributed by atoms with Crippen LogP contribution in [0.15, 0.2) is 30.3 Å². The first-order valence-corrected chi connectivity index (χ1v) is 8.27. The monoisotopic (exact) mass is 283 g/mol. The van der Waals surface area contributed by atoms with Gasteiger partial charge in [-0.05, 0) is 37.9 Å². The summed E-state index contributed by atoms with van der Waals surface area (Å²) in [5.74, 6) is 0.269. The van der Waals surface area contributed by atoms with Crippen LogP contribution in [0.25, 0.3) is 0 Å². The molecule has 112 valence electrons. The van der Waals surface area contributed by atoms with E-state index in [-0.39, 0.29) is 5.92 Å². The van der Waals surface area contributed by atoms with Crippen molar-refractivity contribution in [2.75, 3.05) is 26.2 Å². The van der Waals surface area contributed by atoms with Crippen molar-refractivity contribution in [3.63, 3.8) is 0 Å². The number of nitrogens with zero attached hydrogens (tertiary/aromatic N) is 3. The van der Waals surface area contributed by atoms with Gasteiger partial charge >= 0.3 is 0 Å². The summed E-state index contributed by atoms with van der Waals surface area (Å²) in [5, 5.41) is 9.30. The Hall–Kier alpha value is -1.37. The van der Waals surface area contributed by atoms with Gasteiger partial charge in [-0.2, -0.15) is 5.26 Å². The lowest BCUT2D eigenvalue weighted by molar-refractivity contribution is 0.179. The zero-order chi connectivity index (χ0) is 14.5. The molecule has 1 aliphatic heterocycles. The second-order valence-corrected chi connectivity index (χ2v) is 6.39. The second kappa shape index (κ2) is 7.06. The number of benzene rings is 1. The van der Waals surface area contributed by atoms with Crippen molar-refractivity contribution >= 4 is 0 Å². The van der Waals surface area contributed by atoms with Crippen LogP contribution in [0.2, 0.25) is 0 Å². The van der Waals surface area contributed by atoms with E-state index in [2.05, 4.69) is 46.2 Å². The van der Waals surface area contributed by atoms with Gasteiger partial charge in [0.1, 0.15) is 0 Å². The van der Waals surface area contributed by atoms with E-state index in [1.807, 2.05) is 0 Å². The summed E-state index contributed by atoms with van der Waals surface area (Å²) in [4.78, 5) is 5.15. The van der Waals surface area contributed by atoms with Gasteiger partial charge in [0.2, 0.25) is 0 Å². The Kier molecular flexibility index (Phi) is 4.90. The summed E-state index contributed by atoms with van der Waals surface area (Å²) >= 11 is 0. The first-order valence-electron chi connectivity index (χ1n) is 8.27. The van der Waals surface area contributed by atoms with Crippen LogP contribution in [0.1, 0.15) is 31.2 Å². The quantitative estimate of drug-likeness (QED) is 0.854. The van der Waals surface area contributed by atoms with Gasteiger partial charge in [0.15, 0.2) is 0 Å². The van der Waals surface area contributed by atoms with E-state index in [1.165, 1.54) is 31.4 Å². The smallest absolute Gasteiger partial charge is 0.0672 e. The molecule has 0 aromatic heterocycles. The molecule has 3 nitrogen and oxygen atoms in total. The van der Waals surface area contributed by atoms with Crippen molar-refractivity contribution in [3.8, 4) is 6.07 Å². The summed E-state index contributed by atoms with van der Waals surface area (Å²) in [6.07, 6.45) is 4.77. The maximum absolute atomic E-state index is 9.30. The molecule has 3 rings (SSSR count). The molecule has 0 bridgehead atoms. The number of hydrogen-bond acceptors (Lipinski definition) is 3. The standard InChI is InChI=1S/C18H25N3/c19-14-17-8-4-9-18(17)21-11-5-10-20(12-13-21)15-16-6-2-1-3-7-16/h1-3,6-7,17-18H,4-5,8-13,15H2. The maximum atomic E-state index is 9.30. The molecule has 1 aromatic carbocycles. The van der Waals surface area contributed by atoms with E-state index in [1.54, 1.807) is 0 Å². The SMILES string of the molecule is N#CC1CCCC1N1CCCN(Cc2ccccc2)CC1. The van der Waals surface area contributed by atoms with Crippen molar-refractivity contribution in [1.29, 1.82) is 5.26 Å². The minimum atomic E-state index is 0.269. The minimum Gasteiger partial charge on any atom is -0.298 e. The van der Waals surface area contributed by atoms with E-state index >= 15 is 0 Å². The van der Waals surface area contributed by atoms with E-state index < -0.39 is 0 Å². The summed E-state index contributed by atoms with van der Waals surface area (Å²) in [6.45, 7) is 5.64. The van der Waals surface area contributed by atoms with Crippen molar-refractivity contribution in [2.24, 2.45) is 5.92 Å². The Bertz CT molecular complexity index is 479. The molecule has 0 amide bonds. The van der Waals surface area contributed by atoms with Gasteiger partial charge in [-0.25, -0.2) is 0 Å². The molecule has 0 radical (unpaired) electrons. The summed E-state index contributed by atoms with van der Waals surface area (Å²) in [5.41, 5.74) is 1.40. The Balaban J connectivity index is 1.56. The largest absolute Gasteiger partial charge is 0.298 e. The lowest BCUT2D eigenvalue weighted by atomic mass is 10.0. The number of rotatable bonds is 3. The average molecular weight is 283 g/mol. The van der Waals surface area contributed by atoms with Gasteiger partial charge in [0.05, 0.1) is 12.0 Å². The molecule has 2 fully saturated rings. The molecule has 1 heterocycles. The Labute approximate surface area is 128 Å².